The van der Waals surface area contributed by atoms with Gasteiger partial charge in [0.25, 0.3) is 0 Å². The van der Waals surface area contributed by atoms with Crippen molar-refractivity contribution in [1.82, 2.24) is 20.6 Å². The molecule has 6 heteroatoms. The van der Waals surface area contributed by atoms with Crippen molar-refractivity contribution in [2.45, 2.75) is 51.4 Å². The highest BCUT2D eigenvalue weighted by atomic mass is 16.5. The Morgan fingerprint density at radius 1 is 1.55 bits per heavy atom. The Morgan fingerprint density at radius 2 is 2.35 bits per heavy atom. The zero-order valence-electron chi connectivity index (χ0n) is 12.2. The van der Waals surface area contributed by atoms with Crippen molar-refractivity contribution in [3.8, 4) is 0 Å². The molecule has 1 aromatic rings. The van der Waals surface area contributed by atoms with E-state index in [0.29, 0.717) is 13.0 Å². The highest BCUT2D eigenvalue weighted by molar-refractivity contribution is 5.82. The fourth-order valence-electron chi connectivity index (χ4n) is 3.16. The topological polar surface area (TPSA) is 79.0 Å². The number of fused-ring (bicyclic) bond motifs is 1. The van der Waals surface area contributed by atoms with E-state index in [4.69, 9.17) is 4.74 Å². The predicted molar refractivity (Wildman–Crippen MR) is 74.0 cm³/mol. The maximum absolute atomic E-state index is 12.4. The van der Waals surface area contributed by atoms with E-state index in [9.17, 15) is 4.79 Å². The number of nitrogens with zero attached hydrogens (tertiary/aromatic N) is 1. The first kappa shape index (κ1) is 13.6. The molecule has 0 bridgehead atoms. The van der Waals surface area contributed by atoms with Crippen LogP contribution in [0.2, 0.25) is 0 Å². The summed E-state index contributed by atoms with van der Waals surface area (Å²) in [7, 11) is 1.73. The SMILES string of the molecule is COC1CC(NC(=O)C2Cc3nc[nH]c3CN2)C1(C)C. The molecule has 1 fully saturated rings. The van der Waals surface area contributed by atoms with Crippen LogP contribution >= 0.6 is 0 Å². The Bertz CT molecular complexity index is 511. The van der Waals surface area contributed by atoms with Crippen molar-refractivity contribution in [3.63, 3.8) is 0 Å². The fraction of sp³-hybridized carbons (Fsp3) is 0.714. The molecule has 2 aliphatic rings. The van der Waals surface area contributed by atoms with Gasteiger partial charge in [-0.05, 0) is 6.42 Å². The van der Waals surface area contributed by atoms with Gasteiger partial charge in [0, 0.05) is 31.5 Å². The van der Waals surface area contributed by atoms with Gasteiger partial charge in [-0.2, -0.15) is 0 Å². The van der Waals surface area contributed by atoms with Gasteiger partial charge in [0.2, 0.25) is 5.91 Å². The Kier molecular flexibility index (Phi) is 3.30. The predicted octanol–water partition coefficient (Wildman–Crippen LogP) is 0.354. The second kappa shape index (κ2) is 4.86. The summed E-state index contributed by atoms with van der Waals surface area (Å²) in [5.74, 6) is 0.0614. The molecule has 0 aromatic carbocycles. The minimum Gasteiger partial charge on any atom is -0.381 e. The second-order valence-electron chi connectivity index (χ2n) is 6.31. The molecule has 0 spiro atoms. The minimum absolute atomic E-state index is 0.00340. The van der Waals surface area contributed by atoms with Crippen LogP contribution in [0, 0.1) is 5.41 Å². The number of aromatic amines is 1. The van der Waals surface area contributed by atoms with Crippen LogP contribution in [0.5, 0.6) is 0 Å². The van der Waals surface area contributed by atoms with Crippen LogP contribution in [0.25, 0.3) is 0 Å². The fourth-order valence-corrected chi connectivity index (χ4v) is 3.16. The monoisotopic (exact) mass is 278 g/mol. The minimum atomic E-state index is -0.191. The van der Waals surface area contributed by atoms with Gasteiger partial charge >= 0.3 is 0 Å². The van der Waals surface area contributed by atoms with Crippen LogP contribution in [0.15, 0.2) is 6.33 Å². The maximum Gasteiger partial charge on any atom is 0.237 e. The molecule has 1 amide bonds. The lowest BCUT2D eigenvalue weighted by atomic mass is 9.64. The van der Waals surface area contributed by atoms with Crippen LogP contribution in [-0.2, 0) is 22.5 Å². The number of hydrogen-bond donors (Lipinski definition) is 3. The number of nitrogens with one attached hydrogen (secondary N) is 3. The molecule has 3 rings (SSSR count). The van der Waals surface area contributed by atoms with Crippen LogP contribution in [0.1, 0.15) is 31.7 Å². The number of amides is 1. The second-order valence-corrected chi connectivity index (χ2v) is 6.31. The third-order valence-corrected chi connectivity index (χ3v) is 4.83. The number of carbonyl (C=O) groups is 1. The summed E-state index contributed by atoms with van der Waals surface area (Å²) in [5, 5.41) is 6.40. The summed E-state index contributed by atoms with van der Waals surface area (Å²) in [4.78, 5) is 19.7. The maximum atomic E-state index is 12.4. The molecule has 2 heterocycles. The van der Waals surface area contributed by atoms with E-state index < -0.39 is 0 Å². The first-order valence-corrected chi connectivity index (χ1v) is 7.10. The van der Waals surface area contributed by atoms with Crippen molar-refractivity contribution in [2.75, 3.05) is 7.11 Å². The molecule has 0 radical (unpaired) electrons. The highest BCUT2D eigenvalue weighted by Crippen LogP contribution is 2.42. The molecule has 1 aliphatic carbocycles. The molecule has 3 atom stereocenters. The number of hydrogen-bond acceptors (Lipinski definition) is 4. The Morgan fingerprint density at radius 3 is 3.05 bits per heavy atom. The summed E-state index contributed by atoms with van der Waals surface area (Å²) >= 11 is 0. The Balaban J connectivity index is 1.59. The molecule has 1 saturated carbocycles. The average molecular weight is 278 g/mol. The molecule has 3 unspecified atom stereocenters. The van der Waals surface area contributed by atoms with Gasteiger partial charge in [0.1, 0.15) is 0 Å². The van der Waals surface area contributed by atoms with Gasteiger partial charge in [-0.25, -0.2) is 4.98 Å². The number of carbonyl (C=O) groups excluding carboxylic acids is 1. The molecule has 0 saturated heterocycles. The van der Waals surface area contributed by atoms with Gasteiger partial charge in [-0.1, -0.05) is 13.8 Å². The van der Waals surface area contributed by atoms with E-state index in [2.05, 4.69) is 34.4 Å². The number of H-pyrrole nitrogens is 1. The van der Waals surface area contributed by atoms with E-state index in [1.807, 2.05) is 0 Å². The van der Waals surface area contributed by atoms with E-state index in [1.165, 1.54) is 0 Å². The van der Waals surface area contributed by atoms with Crippen LogP contribution in [-0.4, -0.2) is 41.2 Å². The Labute approximate surface area is 118 Å². The molecule has 3 N–H and O–H groups in total. The number of rotatable bonds is 3. The first-order valence-electron chi connectivity index (χ1n) is 7.10. The van der Waals surface area contributed by atoms with E-state index in [0.717, 1.165) is 17.8 Å². The van der Waals surface area contributed by atoms with E-state index in [-0.39, 0.29) is 29.5 Å². The smallest absolute Gasteiger partial charge is 0.237 e. The number of imidazole rings is 1. The molecular weight excluding hydrogens is 256 g/mol. The van der Waals surface area contributed by atoms with E-state index in [1.54, 1.807) is 13.4 Å². The highest BCUT2D eigenvalue weighted by Gasteiger charge is 2.49. The third kappa shape index (κ3) is 2.13. The van der Waals surface area contributed by atoms with Crippen molar-refractivity contribution >= 4 is 5.91 Å². The zero-order chi connectivity index (χ0) is 14.3. The standard InChI is InChI=1S/C14H22N4O2/c1-14(2)11(5-12(14)20-3)18-13(19)9-4-8-10(6-15-9)17-7-16-8/h7,9,11-12,15H,4-6H2,1-3H3,(H,16,17)(H,18,19). The van der Waals surface area contributed by atoms with Gasteiger partial charge in [0.15, 0.2) is 0 Å². The summed E-state index contributed by atoms with van der Waals surface area (Å²) < 4.78 is 5.41. The largest absolute Gasteiger partial charge is 0.381 e. The number of aromatic nitrogens is 2. The van der Waals surface area contributed by atoms with Gasteiger partial charge < -0.3 is 15.0 Å². The van der Waals surface area contributed by atoms with Crippen LogP contribution in [0.3, 0.4) is 0 Å². The van der Waals surface area contributed by atoms with Crippen LogP contribution in [0.4, 0.5) is 0 Å². The third-order valence-electron chi connectivity index (χ3n) is 4.83. The van der Waals surface area contributed by atoms with Crippen molar-refractivity contribution in [1.29, 1.82) is 0 Å². The summed E-state index contributed by atoms with van der Waals surface area (Å²) in [6.07, 6.45) is 3.44. The molecule has 20 heavy (non-hydrogen) atoms. The van der Waals surface area contributed by atoms with Crippen molar-refractivity contribution in [3.05, 3.63) is 17.7 Å². The van der Waals surface area contributed by atoms with Crippen LogP contribution < -0.4 is 10.6 Å². The summed E-state index contributed by atoms with van der Waals surface area (Å²) in [5.41, 5.74) is 2.07. The lowest BCUT2D eigenvalue weighted by molar-refractivity contribution is -0.134. The first-order chi connectivity index (χ1) is 9.52. The van der Waals surface area contributed by atoms with Gasteiger partial charge in [-0.3, -0.25) is 10.1 Å². The normalized spacial score (nSPS) is 31.2. The summed E-state index contributed by atoms with van der Waals surface area (Å²) in [6.45, 7) is 4.94. The van der Waals surface area contributed by atoms with Gasteiger partial charge in [-0.15, -0.1) is 0 Å². The number of methoxy groups -OCH3 is 1. The van der Waals surface area contributed by atoms with Gasteiger partial charge in [0.05, 0.1) is 29.9 Å². The quantitative estimate of drug-likeness (QED) is 0.745. The molecular formula is C14H22N4O2. The Hall–Kier alpha value is -1.40. The van der Waals surface area contributed by atoms with Crippen molar-refractivity contribution in [2.24, 2.45) is 5.41 Å². The molecule has 110 valence electrons. The zero-order valence-corrected chi connectivity index (χ0v) is 12.2. The molecule has 6 nitrogen and oxygen atoms in total. The average Bonchev–Trinajstić information content (AvgIpc) is 2.89. The summed E-state index contributed by atoms with van der Waals surface area (Å²) in [6, 6.07) is -0.00877. The van der Waals surface area contributed by atoms with E-state index >= 15 is 0 Å². The lowest BCUT2D eigenvalue weighted by Gasteiger charge is -2.51. The number of ether oxygens (including phenoxy) is 1. The van der Waals surface area contributed by atoms with Crippen molar-refractivity contribution < 1.29 is 9.53 Å². The molecule has 1 aromatic heterocycles. The lowest BCUT2D eigenvalue weighted by Crippen LogP contribution is -2.64. The molecule has 1 aliphatic heterocycles.